The molecule has 188 valence electrons. The molecule has 33 heavy (non-hydrogen) atoms. The first kappa shape index (κ1) is 25.7. The van der Waals surface area contributed by atoms with Gasteiger partial charge in [-0.1, -0.05) is 0 Å². The second kappa shape index (κ2) is 10.1. The molecule has 2 bridgehead atoms. The van der Waals surface area contributed by atoms with Gasteiger partial charge in [-0.25, -0.2) is 4.79 Å². The lowest BCUT2D eigenvalue weighted by molar-refractivity contribution is -0.185. The fraction of sp³-hybridized carbons (Fsp3) is 0.833. The van der Waals surface area contributed by atoms with Crippen LogP contribution in [0.25, 0.3) is 0 Å². The fourth-order valence-corrected chi connectivity index (χ4v) is 5.23. The average molecular weight is 502 g/mol. The van der Waals surface area contributed by atoms with Gasteiger partial charge >= 0.3 is 23.8 Å². The van der Waals surface area contributed by atoms with E-state index in [4.69, 9.17) is 33.3 Å². The molecular weight excluding hydrogens is 478 g/mol. The van der Waals surface area contributed by atoms with Gasteiger partial charge in [0.1, 0.15) is 18.8 Å². The topological polar surface area (TPSA) is 172 Å². The third-order valence-electron chi connectivity index (χ3n) is 5.80. The summed E-state index contributed by atoms with van der Waals surface area (Å²) in [6.07, 6.45) is -2.21. The van der Waals surface area contributed by atoms with Crippen LogP contribution in [0.2, 0.25) is 0 Å². The number of hydrogen-bond acceptors (Lipinski definition) is 11. The summed E-state index contributed by atoms with van der Waals surface area (Å²) in [4.78, 5) is 36.8. The Morgan fingerprint density at radius 3 is 2.36 bits per heavy atom. The molecule has 0 spiro atoms. The van der Waals surface area contributed by atoms with Crippen LogP contribution in [0.4, 0.5) is 8.78 Å². The van der Waals surface area contributed by atoms with Crippen LogP contribution in [-0.4, -0.2) is 99.5 Å². The molecule has 3 fully saturated rings. The van der Waals surface area contributed by atoms with E-state index >= 15 is 0 Å². The molecule has 6 atom stereocenters. The van der Waals surface area contributed by atoms with Crippen LogP contribution in [0, 0.1) is 23.7 Å². The van der Waals surface area contributed by atoms with E-state index in [1.807, 2.05) is 0 Å². The highest BCUT2D eigenvalue weighted by molar-refractivity contribution is 7.85. The van der Waals surface area contributed by atoms with Gasteiger partial charge in [0.15, 0.2) is 5.75 Å². The van der Waals surface area contributed by atoms with Crippen LogP contribution in [0.3, 0.4) is 0 Å². The molecular formula is C18H24F2O12S. The van der Waals surface area contributed by atoms with Gasteiger partial charge in [0, 0.05) is 11.8 Å². The van der Waals surface area contributed by atoms with E-state index in [0.717, 1.165) is 0 Å². The number of esters is 3. The maximum Gasteiger partial charge on any atom is 0.378 e. The van der Waals surface area contributed by atoms with Crippen molar-refractivity contribution < 1.29 is 64.9 Å². The first-order chi connectivity index (χ1) is 15.5. The highest BCUT2D eigenvalue weighted by Crippen LogP contribution is 2.59. The molecule has 0 aromatic heterocycles. The van der Waals surface area contributed by atoms with Gasteiger partial charge in [0.05, 0.1) is 44.9 Å². The Morgan fingerprint density at radius 1 is 1.09 bits per heavy atom. The molecule has 15 heteroatoms. The van der Waals surface area contributed by atoms with E-state index in [2.05, 4.69) is 0 Å². The van der Waals surface area contributed by atoms with E-state index in [9.17, 15) is 31.6 Å². The molecule has 2 aliphatic carbocycles. The smallest absolute Gasteiger partial charge is 0.378 e. The Kier molecular flexibility index (Phi) is 7.88. The number of carbonyl (C=O) groups is 3. The molecule has 2 N–H and O–H groups in total. The maximum absolute atomic E-state index is 13.9. The maximum atomic E-state index is 13.9. The minimum absolute atomic E-state index is 0.0209. The standard InChI is InChI=1S/C18H24F2O12S/c19-18(20,8-33(25,26)27)17(24)32-14-9-7-10-12(16(23)31-13(10)14)11(9)15(22)30-6-5-29-4-3-28-2-1-21/h9-14,21H,1-8H2,(H,25,26,27). The SMILES string of the molecule is O=C1OC2C3CC(C2OC(=O)C(F)(F)CS(=O)(=O)O)C(C(=O)OCCOCCOCCO)C13. The molecule has 1 heterocycles. The van der Waals surface area contributed by atoms with Crippen molar-refractivity contribution in [2.45, 2.75) is 24.6 Å². The molecule has 3 rings (SSSR count). The van der Waals surface area contributed by atoms with Gasteiger partial charge in [-0.15, -0.1) is 0 Å². The second-order valence-electron chi connectivity index (χ2n) is 7.93. The van der Waals surface area contributed by atoms with Crippen molar-refractivity contribution >= 4 is 28.0 Å². The predicted octanol–water partition coefficient (Wildman–Crippen LogP) is -1.20. The number of carbonyl (C=O) groups excluding carboxylic acids is 3. The van der Waals surface area contributed by atoms with E-state index in [1.54, 1.807) is 0 Å². The molecule has 2 saturated carbocycles. The third kappa shape index (κ3) is 5.77. The number of aliphatic hydroxyl groups excluding tert-OH is 1. The van der Waals surface area contributed by atoms with Crippen LogP contribution in [-0.2, 0) is 48.2 Å². The lowest BCUT2D eigenvalue weighted by Crippen LogP contribution is -2.47. The summed E-state index contributed by atoms with van der Waals surface area (Å²) < 4.78 is 83.1. The summed E-state index contributed by atoms with van der Waals surface area (Å²) in [6.45, 7) is 0.320. The minimum atomic E-state index is -5.18. The van der Waals surface area contributed by atoms with Crippen LogP contribution in [0.5, 0.6) is 0 Å². The zero-order valence-electron chi connectivity index (χ0n) is 17.3. The first-order valence-electron chi connectivity index (χ1n) is 10.1. The summed E-state index contributed by atoms with van der Waals surface area (Å²) in [7, 11) is -5.18. The van der Waals surface area contributed by atoms with Crippen molar-refractivity contribution in [2.75, 3.05) is 45.4 Å². The van der Waals surface area contributed by atoms with Gasteiger partial charge in [0.25, 0.3) is 10.1 Å². The Bertz CT molecular complexity index is 862. The van der Waals surface area contributed by atoms with Crippen molar-refractivity contribution in [3.8, 4) is 0 Å². The van der Waals surface area contributed by atoms with E-state index in [1.165, 1.54) is 0 Å². The number of ether oxygens (including phenoxy) is 5. The van der Waals surface area contributed by atoms with Crippen molar-refractivity contribution in [3.63, 3.8) is 0 Å². The number of aliphatic hydroxyl groups is 1. The molecule has 12 nitrogen and oxygen atoms in total. The summed E-state index contributed by atoms with van der Waals surface area (Å²) in [5, 5.41) is 8.58. The highest BCUT2D eigenvalue weighted by atomic mass is 32.2. The van der Waals surface area contributed by atoms with Crippen molar-refractivity contribution in [1.29, 1.82) is 0 Å². The molecule has 1 aliphatic heterocycles. The normalized spacial score (nSPS) is 30.4. The lowest BCUT2D eigenvalue weighted by atomic mass is 9.78. The Hall–Kier alpha value is -1.94. The number of rotatable bonds is 13. The summed E-state index contributed by atoms with van der Waals surface area (Å²) >= 11 is 0. The highest BCUT2D eigenvalue weighted by Gasteiger charge is 2.70. The fourth-order valence-electron chi connectivity index (χ4n) is 4.65. The average Bonchev–Trinajstić information content (AvgIpc) is 3.31. The minimum Gasteiger partial charge on any atom is -0.463 e. The van der Waals surface area contributed by atoms with Gasteiger partial charge in [-0.3, -0.25) is 14.1 Å². The van der Waals surface area contributed by atoms with Gasteiger partial charge in [-0.05, 0) is 6.42 Å². The largest absolute Gasteiger partial charge is 0.463 e. The zero-order chi connectivity index (χ0) is 24.4. The molecule has 0 amide bonds. The Balaban J connectivity index is 1.57. The lowest BCUT2D eigenvalue weighted by Gasteiger charge is -2.31. The Morgan fingerprint density at radius 2 is 1.73 bits per heavy atom. The van der Waals surface area contributed by atoms with Gasteiger partial charge in [-0.2, -0.15) is 17.2 Å². The van der Waals surface area contributed by atoms with Gasteiger partial charge in [0.2, 0.25) is 0 Å². The van der Waals surface area contributed by atoms with Crippen molar-refractivity contribution in [3.05, 3.63) is 0 Å². The number of alkyl halides is 2. The molecule has 3 aliphatic rings. The summed E-state index contributed by atoms with van der Waals surface area (Å²) in [5.41, 5.74) is 0. The molecule has 1 saturated heterocycles. The van der Waals surface area contributed by atoms with Crippen molar-refractivity contribution in [2.24, 2.45) is 23.7 Å². The van der Waals surface area contributed by atoms with Crippen LogP contribution in [0.15, 0.2) is 0 Å². The number of hydrogen-bond donors (Lipinski definition) is 2. The molecule has 0 aromatic carbocycles. The Labute approximate surface area is 187 Å². The predicted molar refractivity (Wildman–Crippen MR) is 99.4 cm³/mol. The summed E-state index contributed by atoms with van der Waals surface area (Å²) in [5.74, 6) is -13.7. The molecule has 0 radical (unpaired) electrons. The third-order valence-corrected chi connectivity index (χ3v) is 6.53. The number of fused-ring (bicyclic) bond motifs is 1. The first-order valence-corrected chi connectivity index (χ1v) is 11.7. The van der Waals surface area contributed by atoms with E-state index in [0.29, 0.717) is 0 Å². The van der Waals surface area contributed by atoms with Gasteiger partial charge < -0.3 is 28.8 Å². The quantitative estimate of drug-likeness (QED) is 0.134. The van der Waals surface area contributed by atoms with Crippen LogP contribution in [0.1, 0.15) is 6.42 Å². The van der Waals surface area contributed by atoms with Crippen LogP contribution < -0.4 is 0 Å². The molecule has 6 unspecified atom stereocenters. The number of halogens is 2. The zero-order valence-corrected chi connectivity index (χ0v) is 18.1. The van der Waals surface area contributed by atoms with E-state index in [-0.39, 0.29) is 46.1 Å². The second-order valence-corrected chi connectivity index (χ2v) is 9.39. The monoisotopic (exact) mass is 502 g/mol. The van der Waals surface area contributed by atoms with Crippen molar-refractivity contribution in [1.82, 2.24) is 0 Å². The summed E-state index contributed by atoms with van der Waals surface area (Å²) in [6, 6.07) is 0. The van der Waals surface area contributed by atoms with E-state index < -0.39 is 75.6 Å². The van der Waals surface area contributed by atoms with Crippen LogP contribution >= 0.6 is 0 Å². The molecule has 0 aromatic rings.